The fourth-order valence-electron chi connectivity index (χ4n) is 2.99. The van der Waals surface area contributed by atoms with Crippen LogP contribution in [0.3, 0.4) is 0 Å². The number of ether oxygens (including phenoxy) is 2. The molecule has 0 aliphatic heterocycles. The Kier molecular flexibility index (Phi) is 12.7. The van der Waals surface area contributed by atoms with Crippen LogP contribution in [0.1, 0.15) is 72.2 Å². The second kappa shape index (κ2) is 14.7. The molecule has 3 rings (SSSR count). The van der Waals surface area contributed by atoms with Gasteiger partial charge in [-0.2, -0.15) is 0 Å². The van der Waals surface area contributed by atoms with Crippen molar-refractivity contribution in [2.45, 2.75) is 58.8 Å². The largest absolute Gasteiger partial charge is 0.462 e. The average Bonchev–Trinajstić information content (AvgIpc) is 3.41. The number of benzene rings is 1. The van der Waals surface area contributed by atoms with Crippen LogP contribution in [0.5, 0.6) is 0 Å². The van der Waals surface area contributed by atoms with E-state index < -0.39 is 24.5 Å². The van der Waals surface area contributed by atoms with Crippen LogP contribution in [0.4, 0.5) is 5.00 Å². The molecule has 176 valence electrons. The summed E-state index contributed by atoms with van der Waals surface area (Å²) in [5.41, 5.74) is 1.68. The molecule has 1 aliphatic rings. The van der Waals surface area contributed by atoms with Crippen LogP contribution < -0.4 is 10.5 Å². The molecule has 1 amide bonds. The lowest BCUT2D eigenvalue weighted by Crippen LogP contribution is -2.22. The molecule has 9 heteroatoms. The SMILES string of the molecule is CC.CC.CCOC(=O)c1c(NC(=O)COC(=O)c2cccc(SN)c2)sc2c1CCC2. The molecule has 1 heterocycles. The van der Waals surface area contributed by atoms with Crippen molar-refractivity contribution in [3.8, 4) is 0 Å². The molecule has 0 saturated heterocycles. The zero-order valence-corrected chi connectivity index (χ0v) is 20.9. The molecule has 0 radical (unpaired) electrons. The van der Waals surface area contributed by atoms with Gasteiger partial charge in [0.1, 0.15) is 5.00 Å². The first-order valence-corrected chi connectivity index (χ1v) is 12.5. The maximum Gasteiger partial charge on any atom is 0.341 e. The number of rotatable bonds is 7. The highest BCUT2D eigenvalue weighted by Crippen LogP contribution is 2.39. The van der Waals surface area contributed by atoms with Crippen LogP contribution in [0.25, 0.3) is 0 Å². The summed E-state index contributed by atoms with van der Waals surface area (Å²) in [4.78, 5) is 38.5. The Balaban J connectivity index is 0.00000121. The van der Waals surface area contributed by atoms with Crippen LogP contribution >= 0.6 is 23.3 Å². The van der Waals surface area contributed by atoms with E-state index in [2.05, 4.69) is 5.32 Å². The van der Waals surface area contributed by atoms with Gasteiger partial charge >= 0.3 is 11.9 Å². The van der Waals surface area contributed by atoms with Gasteiger partial charge in [0.2, 0.25) is 0 Å². The van der Waals surface area contributed by atoms with E-state index in [0.717, 1.165) is 41.7 Å². The fraction of sp³-hybridized carbons (Fsp3) is 0.435. The zero-order valence-electron chi connectivity index (χ0n) is 19.3. The number of aryl methyl sites for hydroxylation is 1. The third kappa shape index (κ3) is 7.36. The average molecular weight is 481 g/mol. The second-order valence-corrected chi connectivity index (χ2v) is 7.86. The molecule has 0 unspecified atom stereocenters. The number of carbonyl (C=O) groups excluding carboxylic acids is 3. The molecule has 3 N–H and O–H groups in total. The van der Waals surface area contributed by atoms with Gasteiger partial charge in [-0.3, -0.25) is 9.93 Å². The van der Waals surface area contributed by atoms with E-state index in [1.165, 1.54) is 11.3 Å². The monoisotopic (exact) mass is 480 g/mol. The first-order chi connectivity index (χ1) is 15.5. The maximum absolute atomic E-state index is 12.3. The van der Waals surface area contributed by atoms with Crippen LogP contribution in [-0.2, 0) is 27.1 Å². The first-order valence-electron chi connectivity index (χ1n) is 10.8. The Morgan fingerprint density at radius 1 is 1.09 bits per heavy atom. The zero-order chi connectivity index (χ0) is 24.1. The minimum atomic E-state index is -0.620. The Labute approximate surface area is 198 Å². The number of hydrogen-bond acceptors (Lipinski definition) is 8. The smallest absolute Gasteiger partial charge is 0.341 e. The predicted molar refractivity (Wildman–Crippen MR) is 130 cm³/mol. The van der Waals surface area contributed by atoms with Crippen molar-refractivity contribution in [2.75, 3.05) is 18.5 Å². The van der Waals surface area contributed by atoms with E-state index in [-0.39, 0.29) is 6.61 Å². The van der Waals surface area contributed by atoms with E-state index in [1.54, 1.807) is 31.2 Å². The van der Waals surface area contributed by atoms with Crippen molar-refractivity contribution in [1.82, 2.24) is 0 Å². The summed E-state index contributed by atoms with van der Waals surface area (Å²) in [5.74, 6) is -1.57. The van der Waals surface area contributed by atoms with Crippen LogP contribution in [0.15, 0.2) is 29.2 Å². The number of amides is 1. The Morgan fingerprint density at radius 2 is 1.81 bits per heavy atom. The van der Waals surface area contributed by atoms with Crippen molar-refractivity contribution in [3.63, 3.8) is 0 Å². The summed E-state index contributed by atoms with van der Waals surface area (Å²) in [7, 11) is 0. The van der Waals surface area contributed by atoms with Crippen molar-refractivity contribution >= 4 is 46.1 Å². The summed E-state index contributed by atoms with van der Waals surface area (Å²) >= 11 is 2.39. The van der Waals surface area contributed by atoms with Crippen molar-refractivity contribution < 1.29 is 23.9 Å². The molecule has 1 aliphatic carbocycles. The fourth-order valence-corrected chi connectivity index (χ4v) is 4.63. The third-order valence-corrected chi connectivity index (χ3v) is 5.93. The van der Waals surface area contributed by atoms with E-state index in [9.17, 15) is 14.4 Å². The Morgan fingerprint density at radius 3 is 2.47 bits per heavy atom. The number of nitrogens with one attached hydrogen (secondary N) is 1. The molecule has 0 bridgehead atoms. The lowest BCUT2D eigenvalue weighted by molar-refractivity contribution is -0.119. The third-order valence-electron chi connectivity index (χ3n) is 4.19. The summed E-state index contributed by atoms with van der Waals surface area (Å²) in [6, 6.07) is 6.63. The van der Waals surface area contributed by atoms with Gasteiger partial charge in [0.05, 0.1) is 17.7 Å². The molecule has 7 nitrogen and oxygen atoms in total. The number of nitrogens with two attached hydrogens (primary N) is 1. The van der Waals surface area contributed by atoms with Gasteiger partial charge in [-0.1, -0.05) is 33.8 Å². The Hall–Kier alpha value is -2.36. The highest BCUT2D eigenvalue weighted by Gasteiger charge is 2.28. The summed E-state index contributed by atoms with van der Waals surface area (Å²) in [6.45, 7) is 9.54. The maximum atomic E-state index is 12.3. The summed E-state index contributed by atoms with van der Waals surface area (Å²) < 4.78 is 10.2. The minimum absolute atomic E-state index is 0.259. The predicted octanol–water partition coefficient (Wildman–Crippen LogP) is 5.23. The highest BCUT2D eigenvalue weighted by atomic mass is 32.2. The van der Waals surface area contributed by atoms with E-state index >= 15 is 0 Å². The van der Waals surface area contributed by atoms with Crippen LogP contribution in [0.2, 0.25) is 0 Å². The van der Waals surface area contributed by atoms with Crippen molar-refractivity contribution in [3.05, 3.63) is 45.8 Å². The molecule has 0 atom stereocenters. The van der Waals surface area contributed by atoms with E-state index in [4.69, 9.17) is 14.6 Å². The molecular formula is C23H32N2O5S2. The Bertz CT molecular complexity index is 912. The van der Waals surface area contributed by atoms with Crippen LogP contribution in [-0.4, -0.2) is 31.1 Å². The van der Waals surface area contributed by atoms with Gasteiger partial charge in [0.25, 0.3) is 5.91 Å². The number of thiophene rings is 1. The molecule has 32 heavy (non-hydrogen) atoms. The molecular weight excluding hydrogens is 448 g/mol. The van der Waals surface area contributed by atoms with Gasteiger partial charge in [-0.05, 0) is 61.9 Å². The van der Waals surface area contributed by atoms with E-state index in [1.807, 2.05) is 27.7 Å². The number of hydrogen-bond donors (Lipinski definition) is 2. The van der Waals surface area contributed by atoms with Gasteiger partial charge in [-0.15, -0.1) is 11.3 Å². The standard InChI is InChI=1S/C19H20N2O5S2.2C2H6/c1-2-25-19(24)16-13-7-4-8-14(13)27-17(16)21-15(22)10-26-18(23)11-5-3-6-12(9-11)28-20;2*1-2/h3,5-6,9H,2,4,7-8,10,20H2,1H3,(H,21,22);2*1-2H3. The lowest BCUT2D eigenvalue weighted by atomic mass is 10.1. The molecule has 0 saturated carbocycles. The molecule has 1 aromatic carbocycles. The van der Waals surface area contributed by atoms with Gasteiger partial charge < -0.3 is 14.8 Å². The molecule has 2 aromatic rings. The minimum Gasteiger partial charge on any atom is -0.462 e. The molecule has 0 fully saturated rings. The number of anilines is 1. The lowest BCUT2D eigenvalue weighted by Gasteiger charge is -2.09. The second-order valence-electron chi connectivity index (χ2n) is 6.05. The molecule has 1 aromatic heterocycles. The highest BCUT2D eigenvalue weighted by molar-refractivity contribution is 7.97. The van der Waals surface area contributed by atoms with Gasteiger partial charge in [0.15, 0.2) is 6.61 Å². The van der Waals surface area contributed by atoms with Crippen molar-refractivity contribution in [1.29, 1.82) is 0 Å². The normalized spacial score (nSPS) is 11.2. The van der Waals surface area contributed by atoms with Crippen molar-refractivity contribution in [2.24, 2.45) is 5.14 Å². The topological polar surface area (TPSA) is 108 Å². The van der Waals surface area contributed by atoms with E-state index in [0.29, 0.717) is 21.0 Å². The number of carbonyl (C=O) groups is 3. The number of esters is 2. The quantitative estimate of drug-likeness (QED) is 0.413. The number of fused-ring (bicyclic) bond motifs is 1. The van der Waals surface area contributed by atoms with Gasteiger partial charge in [0, 0.05) is 9.77 Å². The first kappa shape index (κ1) is 27.7. The van der Waals surface area contributed by atoms with Crippen LogP contribution in [0, 0.1) is 0 Å². The molecule has 0 spiro atoms. The summed E-state index contributed by atoms with van der Waals surface area (Å²) in [5, 5.41) is 8.62. The van der Waals surface area contributed by atoms with Gasteiger partial charge in [-0.25, -0.2) is 9.59 Å². The summed E-state index contributed by atoms with van der Waals surface area (Å²) in [6.07, 6.45) is 2.66.